The molecule has 0 unspecified atom stereocenters. The third-order valence-corrected chi connectivity index (χ3v) is 6.41. The number of aryl methyl sites for hydroxylation is 1. The number of ether oxygens (including phenoxy) is 1. The molecule has 3 aromatic rings. The van der Waals surface area contributed by atoms with Crippen LogP contribution in [0.25, 0.3) is 10.2 Å². The van der Waals surface area contributed by atoms with Crippen molar-refractivity contribution in [2.75, 3.05) is 33.8 Å². The number of aromatic nitrogens is 2. The van der Waals surface area contributed by atoms with Crippen molar-refractivity contribution in [2.24, 2.45) is 0 Å². The molecule has 0 fully saturated rings. The summed E-state index contributed by atoms with van der Waals surface area (Å²) < 4.78 is 7.31. The van der Waals surface area contributed by atoms with E-state index in [2.05, 4.69) is 9.88 Å². The Labute approximate surface area is 179 Å². The first kappa shape index (κ1) is 20.6. The number of thiophene rings is 1. The molecule has 1 aliphatic rings. The average Bonchev–Trinajstić information content (AvgIpc) is 3.12. The van der Waals surface area contributed by atoms with Crippen molar-refractivity contribution < 1.29 is 9.53 Å². The van der Waals surface area contributed by atoms with Gasteiger partial charge in [0.05, 0.1) is 18.3 Å². The van der Waals surface area contributed by atoms with E-state index in [-0.39, 0.29) is 18.1 Å². The molecule has 3 heterocycles. The average molecular weight is 427 g/mol. The van der Waals surface area contributed by atoms with Gasteiger partial charge in [-0.25, -0.2) is 4.98 Å². The van der Waals surface area contributed by atoms with E-state index in [1.807, 2.05) is 44.4 Å². The molecule has 7 nitrogen and oxygen atoms in total. The summed E-state index contributed by atoms with van der Waals surface area (Å²) in [4.78, 5) is 35.9. The minimum Gasteiger partial charge on any atom is -0.484 e. The van der Waals surface area contributed by atoms with Gasteiger partial charge in [-0.2, -0.15) is 0 Å². The number of fused-ring (bicyclic) bond motifs is 3. The SMILES string of the molecule is CN(C)CCCn1cnc2sc3c(c2c1=O)CCN(C(=O)COc1ccccc1)C3. The Morgan fingerprint density at radius 1 is 1.27 bits per heavy atom. The minimum atomic E-state index is -0.0454. The smallest absolute Gasteiger partial charge is 0.262 e. The maximum absolute atomic E-state index is 13.0. The Morgan fingerprint density at radius 2 is 2.07 bits per heavy atom. The Balaban J connectivity index is 1.47. The summed E-state index contributed by atoms with van der Waals surface area (Å²) >= 11 is 1.52. The molecule has 158 valence electrons. The monoisotopic (exact) mass is 426 g/mol. The third kappa shape index (κ3) is 4.39. The van der Waals surface area contributed by atoms with Gasteiger partial charge in [0.1, 0.15) is 10.6 Å². The highest BCUT2D eigenvalue weighted by atomic mass is 32.1. The Hall–Kier alpha value is -2.71. The highest BCUT2D eigenvalue weighted by Crippen LogP contribution is 2.32. The molecule has 8 heteroatoms. The topological polar surface area (TPSA) is 67.7 Å². The van der Waals surface area contributed by atoms with Crippen LogP contribution in [-0.2, 0) is 24.3 Å². The van der Waals surface area contributed by atoms with Crippen LogP contribution in [0.4, 0.5) is 0 Å². The summed E-state index contributed by atoms with van der Waals surface area (Å²) in [5.41, 5.74) is 1.09. The van der Waals surface area contributed by atoms with Crippen molar-refractivity contribution in [2.45, 2.75) is 25.9 Å². The van der Waals surface area contributed by atoms with Gasteiger partial charge in [0, 0.05) is 18.0 Å². The van der Waals surface area contributed by atoms with E-state index in [4.69, 9.17) is 4.74 Å². The molecule has 0 aliphatic carbocycles. The summed E-state index contributed by atoms with van der Waals surface area (Å²) in [6, 6.07) is 9.34. The van der Waals surface area contributed by atoms with Crippen LogP contribution in [-0.4, -0.2) is 59.0 Å². The molecule has 2 aromatic heterocycles. The van der Waals surface area contributed by atoms with Crippen molar-refractivity contribution in [1.82, 2.24) is 19.4 Å². The lowest BCUT2D eigenvalue weighted by Crippen LogP contribution is -2.38. The summed E-state index contributed by atoms with van der Waals surface area (Å²) in [7, 11) is 4.05. The molecular weight excluding hydrogens is 400 g/mol. The maximum Gasteiger partial charge on any atom is 0.262 e. The van der Waals surface area contributed by atoms with Gasteiger partial charge in [0.25, 0.3) is 11.5 Å². The third-order valence-electron chi connectivity index (χ3n) is 5.29. The van der Waals surface area contributed by atoms with E-state index < -0.39 is 0 Å². The molecule has 1 aromatic carbocycles. The van der Waals surface area contributed by atoms with Crippen molar-refractivity contribution in [3.05, 3.63) is 57.5 Å². The predicted octanol–water partition coefficient (Wildman–Crippen LogP) is 2.37. The van der Waals surface area contributed by atoms with E-state index in [0.29, 0.717) is 31.8 Å². The summed E-state index contributed by atoms with van der Waals surface area (Å²) in [6.07, 6.45) is 3.22. The zero-order chi connectivity index (χ0) is 21.1. The van der Waals surface area contributed by atoms with Crippen LogP contribution >= 0.6 is 11.3 Å². The zero-order valence-corrected chi connectivity index (χ0v) is 18.2. The first-order valence-electron chi connectivity index (χ1n) is 10.1. The Morgan fingerprint density at radius 3 is 2.83 bits per heavy atom. The fourth-order valence-electron chi connectivity index (χ4n) is 3.70. The standard InChI is InChI=1S/C22H26N4O3S/c1-24(2)10-6-11-26-15-23-21-20(22(26)28)17-9-12-25(13-18(17)30-21)19(27)14-29-16-7-4-3-5-8-16/h3-5,7-8,15H,6,9-14H2,1-2H3. The van der Waals surface area contributed by atoms with Crippen LogP contribution in [0.2, 0.25) is 0 Å². The van der Waals surface area contributed by atoms with Gasteiger partial charge in [0.15, 0.2) is 6.61 Å². The largest absolute Gasteiger partial charge is 0.484 e. The van der Waals surface area contributed by atoms with E-state index in [1.54, 1.807) is 15.8 Å². The number of nitrogens with zero attached hydrogens (tertiary/aromatic N) is 4. The van der Waals surface area contributed by atoms with Crippen LogP contribution in [0.1, 0.15) is 16.9 Å². The number of hydrogen-bond donors (Lipinski definition) is 0. The first-order valence-corrected chi connectivity index (χ1v) is 10.9. The molecule has 0 radical (unpaired) electrons. The van der Waals surface area contributed by atoms with Crippen LogP contribution in [0.3, 0.4) is 0 Å². The minimum absolute atomic E-state index is 0.0151. The fraction of sp³-hybridized carbons (Fsp3) is 0.409. The lowest BCUT2D eigenvalue weighted by atomic mass is 10.1. The first-order chi connectivity index (χ1) is 14.5. The van der Waals surface area contributed by atoms with Gasteiger partial charge >= 0.3 is 0 Å². The van der Waals surface area contributed by atoms with Crippen LogP contribution in [0.15, 0.2) is 41.5 Å². The number of benzene rings is 1. The number of hydrogen-bond acceptors (Lipinski definition) is 6. The molecule has 30 heavy (non-hydrogen) atoms. The fourth-order valence-corrected chi connectivity index (χ4v) is 4.89. The molecular formula is C22H26N4O3S. The zero-order valence-electron chi connectivity index (χ0n) is 17.3. The molecule has 4 rings (SSSR count). The molecule has 1 amide bonds. The lowest BCUT2D eigenvalue weighted by molar-refractivity contribution is -0.134. The molecule has 0 bridgehead atoms. The molecule has 1 aliphatic heterocycles. The molecule has 0 saturated carbocycles. The number of amides is 1. The van der Waals surface area contributed by atoms with Crippen molar-refractivity contribution >= 4 is 27.5 Å². The quantitative estimate of drug-likeness (QED) is 0.580. The van der Waals surface area contributed by atoms with Crippen molar-refractivity contribution in [3.63, 3.8) is 0 Å². The highest BCUT2D eigenvalue weighted by molar-refractivity contribution is 7.18. The van der Waals surface area contributed by atoms with E-state index in [9.17, 15) is 9.59 Å². The van der Waals surface area contributed by atoms with Crippen molar-refractivity contribution in [1.29, 1.82) is 0 Å². The number of rotatable bonds is 7. The summed E-state index contributed by atoms with van der Waals surface area (Å²) in [5, 5.41) is 0.731. The number of carbonyl (C=O) groups excluding carboxylic acids is 1. The van der Waals surface area contributed by atoms with Gasteiger partial charge in [-0.3, -0.25) is 14.2 Å². The Kier molecular flexibility index (Phi) is 6.15. The van der Waals surface area contributed by atoms with E-state index in [1.165, 1.54) is 11.3 Å². The normalized spacial score (nSPS) is 13.6. The predicted molar refractivity (Wildman–Crippen MR) is 118 cm³/mol. The Bertz CT molecular complexity index is 1090. The van der Waals surface area contributed by atoms with E-state index >= 15 is 0 Å². The van der Waals surface area contributed by atoms with Crippen LogP contribution in [0.5, 0.6) is 5.75 Å². The summed E-state index contributed by atoms with van der Waals surface area (Å²) in [6.45, 7) is 2.69. The van der Waals surface area contributed by atoms with Gasteiger partial charge in [-0.05, 0) is 51.2 Å². The maximum atomic E-state index is 13.0. The van der Waals surface area contributed by atoms with E-state index in [0.717, 1.165) is 33.6 Å². The molecule has 0 saturated heterocycles. The second kappa shape index (κ2) is 8.97. The van der Waals surface area contributed by atoms with Crippen molar-refractivity contribution in [3.8, 4) is 5.75 Å². The van der Waals surface area contributed by atoms with Crippen LogP contribution < -0.4 is 10.3 Å². The lowest BCUT2D eigenvalue weighted by Gasteiger charge is -2.27. The van der Waals surface area contributed by atoms with Gasteiger partial charge in [-0.1, -0.05) is 18.2 Å². The number of para-hydroxylation sites is 1. The van der Waals surface area contributed by atoms with Gasteiger partial charge in [0.2, 0.25) is 0 Å². The van der Waals surface area contributed by atoms with Crippen LogP contribution in [0, 0.1) is 0 Å². The van der Waals surface area contributed by atoms with Gasteiger partial charge < -0.3 is 14.5 Å². The summed E-state index contributed by atoms with van der Waals surface area (Å²) in [5.74, 6) is 0.639. The second-order valence-corrected chi connectivity index (χ2v) is 8.83. The van der Waals surface area contributed by atoms with Gasteiger partial charge in [-0.15, -0.1) is 11.3 Å². The molecule has 0 atom stereocenters. The molecule has 0 N–H and O–H groups in total. The number of carbonyl (C=O) groups is 1. The second-order valence-electron chi connectivity index (χ2n) is 7.75. The molecule has 0 spiro atoms. The highest BCUT2D eigenvalue weighted by Gasteiger charge is 2.26.